The maximum atomic E-state index is 13.1. The van der Waals surface area contributed by atoms with E-state index in [0.717, 1.165) is 0 Å². The summed E-state index contributed by atoms with van der Waals surface area (Å²) in [5.41, 5.74) is 6.03. The van der Waals surface area contributed by atoms with Crippen molar-refractivity contribution in [1.82, 2.24) is 9.97 Å². The molecule has 0 unspecified atom stereocenters. The van der Waals surface area contributed by atoms with Gasteiger partial charge in [-0.3, -0.25) is 4.98 Å². The molecule has 0 radical (unpaired) electrons. The van der Waals surface area contributed by atoms with Gasteiger partial charge in [0, 0.05) is 10.5 Å². The maximum absolute atomic E-state index is 13.1. The average Bonchev–Trinajstić information content (AvgIpc) is 2.27. The summed E-state index contributed by atoms with van der Waals surface area (Å²) in [6.45, 7) is 0.211. The molecule has 1 heterocycles. The van der Waals surface area contributed by atoms with Gasteiger partial charge >= 0.3 is 0 Å². The molecule has 2 aromatic rings. The second-order valence-corrected chi connectivity index (χ2v) is 4.24. The molecule has 2 N–H and O–H groups in total. The fourth-order valence-corrected chi connectivity index (χ4v) is 1.65. The smallest absolute Gasteiger partial charge is 0.141 e. The molecule has 0 bridgehead atoms. The zero-order valence-electron chi connectivity index (χ0n) is 8.73. The van der Waals surface area contributed by atoms with Crippen molar-refractivity contribution in [3.63, 3.8) is 0 Å². The number of halogens is 2. The first-order valence-electron chi connectivity index (χ1n) is 4.79. The molecule has 1 aromatic carbocycles. The Labute approximate surface area is 106 Å². The molecule has 17 heavy (non-hydrogen) atoms. The highest BCUT2D eigenvalue weighted by atomic mass is 79.9. The zero-order chi connectivity index (χ0) is 12.3. The second kappa shape index (κ2) is 5.09. The van der Waals surface area contributed by atoms with Gasteiger partial charge in [0.05, 0.1) is 18.1 Å². The van der Waals surface area contributed by atoms with Crippen LogP contribution in [0.3, 0.4) is 0 Å². The van der Waals surface area contributed by atoms with Gasteiger partial charge in [-0.15, -0.1) is 0 Å². The van der Waals surface area contributed by atoms with Crippen molar-refractivity contribution in [1.29, 1.82) is 0 Å². The standard InChI is InChI=1S/C11H9BrFN3O/c12-7-1-8(13)3-10(2-7)17-6-9-4-16-11(14)5-15-9/h1-5H,6H2,(H2,14,16). The van der Waals surface area contributed by atoms with Crippen molar-refractivity contribution < 1.29 is 9.13 Å². The van der Waals surface area contributed by atoms with Crippen molar-refractivity contribution in [2.75, 3.05) is 5.73 Å². The van der Waals surface area contributed by atoms with E-state index >= 15 is 0 Å². The van der Waals surface area contributed by atoms with Crippen LogP contribution in [0.5, 0.6) is 5.75 Å². The van der Waals surface area contributed by atoms with Crippen molar-refractivity contribution in [3.05, 3.63) is 46.6 Å². The second-order valence-electron chi connectivity index (χ2n) is 3.33. The summed E-state index contributed by atoms with van der Waals surface area (Å²) in [6, 6.07) is 4.33. The number of aromatic nitrogens is 2. The van der Waals surface area contributed by atoms with Gasteiger partial charge in [0.15, 0.2) is 0 Å². The summed E-state index contributed by atoms with van der Waals surface area (Å²) in [7, 11) is 0. The van der Waals surface area contributed by atoms with Gasteiger partial charge in [0.25, 0.3) is 0 Å². The Balaban J connectivity index is 2.04. The molecule has 6 heteroatoms. The summed E-state index contributed by atoms with van der Waals surface area (Å²) in [4.78, 5) is 7.90. The minimum atomic E-state index is -0.363. The van der Waals surface area contributed by atoms with Gasteiger partial charge < -0.3 is 10.5 Å². The Morgan fingerprint density at radius 2 is 2.06 bits per heavy atom. The van der Waals surface area contributed by atoms with E-state index in [1.807, 2.05) is 0 Å². The minimum absolute atomic E-state index is 0.211. The molecule has 0 spiro atoms. The number of anilines is 1. The van der Waals surface area contributed by atoms with Crippen LogP contribution in [0.2, 0.25) is 0 Å². The normalized spacial score (nSPS) is 10.2. The summed E-state index contributed by atoms with van der Waals surface area (Å²) < 4.78 is 19.1. The van der Waals surface area contributed by atoms with E-state index in [1.54, 1.807) is 6.07 Å². The molecule has 1 aromatic heterocycles. The van der Waals surface area contributed by atoms with Gasteiger partial charge in [0.2, 0.25) is 0 Å². The number of rotatable bonds is 3. The summed E-state index contributed by atoms with van der Waals surface area (Å²) in [5, 5.41) is 0. The van der Waals surface area contributed by atoms with E-state index in [2.05, 4.69) is 25.9 Å². The predicted octanol–water partition coefficient (Wildman–Crippen LogP) is 2.54. The monoisotopic (exact) mass is 297 g/mol. The Kier molecular flexibility index (Phi) is 3.53. The highest BCUT2D eigenvalue weighted by Gasteiger charge is 2.01. The van der Waals surface area contributed by atoms with Crippen LogP contribution in [-0.2, 0) is 6.61 Å². The quantitative estimate of drug-likeness (QED) is 0.946. The van der Waals surface area contributed by atoms with Crippen LogP contribution in [0.15, 0.2) is 35.1 Å². The van der Waals surface area contributed by atoms with Crippen LogP contribution in [0.4, 0.5) is 10.2 Å². The molecule has 0 saturated heterocycles. The van der Waals surface area contributed by atoms with Crippen molar-refractivity contribution in [3.8, 4) is 5.75 Å². The van der Waals surface area contributed by atoms with Gasteiger partial charge in [-0.2, -0.15) is 0 Å². The van der Waals surface area contributed by atoms with E-state index in [9.17, 15) is 4.39 Å². The number of benzene rings is 1. The molecule has 0 fully saturated rings. The van der Waals surface area contributed by atoms with Gasteiger partial charge in [-0.1, -0.05) is 15.9 Å². The SMILES string of the molecule is Nc1cnc(COc2cc(F)cc(Br)c2)cn1. The molecule has 4 nitrogen and oxygen atoms in total. The Morgan fingerprint density at radius 3 is 2.71 bits per heavy atom. The average molecular weight is 298 g/mol. The predicted molar refractivity (Wildman–Crippen MR) is 64.9 cm³/mol. The maximum Gasteiger partial charge on any atom is 0.141 e. The number of hydrogen-bond acceptors (Lipinski definition) is 4. The van der Waals surface area contributed by atoms with E-state index < -0.39 is 0 Å². The molecule has 0 aliphatic rings. The van der Waals surface area contributed by atoms with Gasteiger partial charge in [-0.25, -0.2) is 9.37 Å². The first-order valence-corrected chi connectivity index (χ1v) is 5.58. The first kappa shape index (κ1) is 11.8. The lowest BCUT2D eigenvalue weighted by molar-refractivity contribution is 0.299. The van der Waals surface area contributed by atoms with E-state index in [1.165, 1.54) is 24.5 Å². The van der Waals surface area contributed by atoms with E-state index in [0.29, 0.717) is 21.7 Å². The molecule has 2 rings (SSSR count). The number of nitrogens with two attached hydrogens (primary N) is 1. The highest BCUT2D eigenvalue weighted by Crippen LogP contribution is 2.21. The summed E-state index contributed by atoms with van der Waals surface area (Å²) in [5.74, 6) is 0.413. The minimum Gasteiger partial charge on any atom is -0.487 e. The Hall–Kier alpha value is -1.69. The largest absolute Gasteiger partial charge is 0.487 e. The van der Waals surface area contributed by atoms with Gasteiger partial charge in [0.1, 0.15) is 24.0 Å². The molecule has 0 amide bonds. The molecule has 0 saturated carbocycles. The van der Waals surface area contributed by atoms with Crippen molar-refractivity contribution >= 4 is 21.7 Å². The third-order valence-electron chi connectivity index (χ3n) is 1.95. The third kappa shape index (κ3) is 3.39. The lowest BCUT2D eigenvalue weighted by Crippen LogP contribution is -2.01. The Morgan fingerprint density at radius 1 is 1.24 bits per heavy atom. The molecular weight excluding hydrogens is 289 g/mol. The number of nitrogen functional groups attached to an aromatic ring is 1. The lowest BCUT2D eigenvalue weighted by atomic mass is 10.3. The number of ether oxygens (including phenoxy) is 1. The fourth-order valence-electron chi connectivity index (χ4n) is 1.21. The van der Waals surface area contributed by atoms with Crippen LogP contribution >= 0.6 is 15.9 Å². The van der Waals surface area contributed by atoms with E-state index in [-0.39, 0.29) is 12.4 Å². The van der Waals surface area contributed by atoms with Crippen LogP contribution in [0.1, 0.15) is 5.69 Å². The van der Waals surface area contributed by atoms with Crippen LogP contribution in [0.25, 0.3) is 0 Å². The topological polar surface area (TPSA) is 61.0 Å². The molecule has 0 atom stereocenters. The number of nitrogens with zero attached hydrogens (tertiary/aromatic N) is 2. The van der Waals surface area contributed by atoms with Crippen LogP contribution < -0.4 is 10.5 Å². The first-order chi connectivity index (χ1) is 8.13. The third-order valence-corrected chi connectivity index (χ3v) is 2.41. The highest BCUT2D eigenvalue weighted by molar-refractivity contribution is 9.10. The van der Waals surface area contributed by atoms with Crippen LogP contribution in [-0.4, -0.2) is 9.97 Å². The van der Waals surface area contributed by atoms with Gasteiger partial charge in [-0.05, 0) is 12.1 Å². The molecular formula is C11H9BrFN3O. The summed E-state index contributed by atoms with van der Waals surface area (Å²) >= 11 is 3.18. The molecule has 0 aliphatic heterocycles. The van der Waals surface area contributed by atoms with Crippen molar-refractivity contribution in [2.45, 2.75) is 6.61 Å². The lowest BCUT2D eigenvalue weighted by Gasteiger charge is -2.06. The Bertz CT molecular complexity index is 498. The van der Waals surface area contributed by atoms with Crippen LogP contribution in [0, 0.1) is 5.82 Å². The van der Waals surface area contributed by atoms with E-state index in [4.69, 9.17) is 10.5 Å². The molecule has 88 valence electrons. The molecule has 0 aliphatic carbocycles. The van der Waals surface area contributed by atoms with Crippen molar-refractivity contribution in [2.24, 2.45) is 0 Å². The fraction of sp³-hybridized carbons (Fsp3) is 0.0909. The zero-order valence-corrected chi connectivity index (χ0v) is 10.3. The summed E-state index contributed by atoms with van der Waals surface area (Å²) in [6.07, 6.45) is 2.96. The number of hydrogen-bond donors (Lipinski definition) is 1.